The summed E-state index contributed by atoms with van der Waals surface area (Å²) in [5.41, 5.74) is 7.90. The largest absolute Gasteiger partial charge is 0.378 e. The van der Waals surface area contributed by atoms with Gasteiger partial charge in [0.1, 0.15) is 11.3 Å². The monoisotopic (exact) mass is 395 g/mol. The van der Waals surface area contributed by atoms with Crippen LogP contribution in [0.3, 0.4) is 0 Å². The second kappa shape index (κ2) is 7.08. The van der Waals surface area contributed by atoms with Crippen molar-refractivity contribution >= 4 is 28.5 Å². The molecule has 0 radical (unpaired) electrons. The van der Waals surface area contributed by atoms with E-state index in [9.17, 15) is 5.11 Å². The normalized spacial score (nSPS) is 15.8. The third kappa shape index (κ3) is 3.44. The third-order valence-corrected chi connectivity index (χ3v) is 5.42. The van der Waals surface area contributed by atoms with Crippen LogP contribution in [0.5, 0.6) is 0 Å². The van der Waals surface area contributed by atoms with Gasteiger partial charge in [0.05, 0.1) is 28.6 Å². The molecule has 3 aromatic rings. The van der Waals surface area contributed by atoms with Gasteiger partial charge in [-0.25, -0.2) is 15.0 Å². The molecule has 3 heterocycles. The minimum absolute atomic E-state index is 0.169. The molecule has 0 saturated heterocycles. The first-order valence-electron chi connectivity index (χ1n) is 9.41. The van der Waals surface area contributed by atoms with Crippen LogP contribution in [-0.4, -0.2) is 30.2 Å². The number of aromatic nitrogens is 4. The molecular weight excluding hydrogens is 374 g/mol. The SMILES string of the molecule is CC(C)n1cc(-c2nc(N)ncc2Cl)c2cc(C#CC3(O)CCCC3)ncc21. The highest BCUT2D eigenvalue weighted by Gasteiger charge is 2.28. The topological polar surface area (TPSA) is 89.9 Å². The van der Waals surface area contributed by atoms with Crippen LogP contribution in [-0.2, 0) is 0 Å². The molecule has 7 heteroatoms. The maximum absolute atomic E-state index is 10.5. The summed E-state index contributed by atoms with van der Waals surface area (Å²) >= 11 is 6.36. The molecule has 28 heavy (non-hydrogen) atoms. The van der Waals surface area contributed by atoms with Gasteiger partial charge in [-0.15, -0.1) is 0 Å². The molecule has 6 nitrogen and oxygen atoms in total. The van der Waals surface area contributed by atoms with Gasteiger partial charge in [0.25, 0.3) is 0 Å². The highest BCUT2D eigenvalue weighted by molar-refractivity contribution is 6.33. The zero-order valence-electron chi connectivity index (χ0n) is 15.9. The van der Waals surface area contributed by atoms with Gasteiger partial charge < -0.3 is 15.4 Å². The molecule has 0 unspecified atom stereocenters. The highest BCUT2D eigenvalue weighted by Crippen LogP contribution is 2.35. The maximum atomic E-state index is 10.5. The van der Waals surface area contributed by atoms with Crippen molar-refractivity contribution in [1.82, 2.24) is 19.5 Å². The van der Waals surface area contributed by atoms with E-state index in [1.165, 1.54) is 6.20 Å². The molecule has 0 amide bonds. The Kier molecular flexibility index (Phi) is 4.74. The van der Waals surface area contributed by atoms with Crippen LogP contribution >= 0.6 is 11.6 Å². The molecule has 1 fully saturated rings. The average Bonchev–Trinajstić information content (AvgIpc) is 3.26. The van der Waals surface area contributed by atoms with E-state index in [-0.39, 0.29) is 12.0 Å². The van der Waals surface area contributed by atoms with Crippen LogP contribution in [0.15, 0.2) is 24.7 Å². The van der Waals surface area contributed by atoms with Crippen LogP contribution < -0.4 is 5.73 Å². The van der Waals surface area contributed by atoms with E-state index >= 15 is 0 Å². The van der Waals surface area contributed by atoms with Crippen molar-refractivity contribution in [3.05, 3.63) is 35.4 Å². The number of hydrogen-bond donors (Lipinski definition) is 2. The number of pyridine rings is 1. The van der Waals surface area contributed by atoms with Crippen molar-refractivity contribution in [3.8, 4) is 23.1 Å². The van der Waals surface area contributed by atoms with E-state index in [2.05, 4.69) is 45.2 Å². The van der Waals surface area contributed by atoms with Gasteiger partial charge in [0.2, 0.25) is 5.95 Å². The van der Waals surface area contributed by atoms with Gasteiger partial charge in [-0.1, -0.05) is 17.5 Å². The highest BCUT2D eigenvalue weighted by atomic mass is 35.5. The lowest BCUT2D eigenvalue weighted by Crippen LogP contribution is -2.20. The number of hydrogen-bond acceptors (Lipinski definition) is 5. The van der Waals surface area contributed by atoms with Crippen molar-refractivity contribution in [1.29, 1.82) is 0 Å². The molecule has 0 spiro atoms. The fraction of sp³-hybridized carbons (Fsp3) is 0.381. The van der Waals surface area contributed by atoms with Gasteiger partial charge in [-0.2, -0.15) is 0 Å². The lowest BCUT2D eigenvalue weighted by molar-refractivity contribution is 0.110. The Balaban J connectivity index is 1.87. The molecule has 0 atom stereocenters. The van der Waals surface area contributed by atoms with Crippen molar-refractivity contribution in [2.24, 2.45) is 0 Å². The van der Waals surface area contributed by atoms with Crippen LogP contribution in [0, 0.1) is 11.8 Å². The Morgan fingerprint density at radius 1 is 1.25 bits per heavy atom. The van der Waals surface area contributed by atoms with Crippen LogP contribution in [0.4, 0.5) is 5.95 Å². The Morgan fingerprint density at radius 3 is 2.71 bits per heavy atom. The Bertz CT molecular complexity index is 1100. The summed E-state index contributed by atoms with van der Waals surface area (Å²) in [6.07, 6.45) is 8.76. The molecule has 1 aliphatic rings. The van der Waals surface area contributed by atoms with E-state index < -0.39 is 5.60 Å². The smallest absolute Gasteiger partial charge is 0.220 e. The molecule has 4 rings (SSSR count). The summed E-state index contributed by atoms with van der Waals surface area (Å²) in [6, 6.07) is 2.15. The lowest BCUT2D eigenvalue weighted by atomic mass is 10.0. The fourth-order valence-electron chi connectivity index (χ4n) is 3.67. The number of rotatable bonds is 2. The van der Waals surface area contributed by atoms with Crippen molar-refractivity contribution in [3.63, 3.8) is 0 Å². The zero-order valence-corrected chi connectivity index (χ0v) is 16.7. The second-order valence-electron chi connectivity index (χ2n) is 7.54. The van der Waals surface area contributed by atoms with E-state index in [0.29, 0.717) is 29.3 Å². The number of nitrogens with zero attached hydrogens (tertiary/aromatic N) is 4. The predicted octanol–water partition coefficient (Wildman–Crippen LogP) is 3.97. The van der Waals surface area contributed by atoms with Crippen molar-refractivity contribution < 1.29 is 5.11 Å². The van der Waals surface area contributed by atoms with E-state index in [1.54, 1.807) is 6.20 Å². The summed E-state index contributed by atoms with van der Waals surface area (Å²) in [5.74, 6) is 6.23. The minimum atomic E-state index is -0.895. The summed E-state index contributed by atoms with van der Waals surface area (Å²) in [7, 11) is 0. The number of halogens is 1. The molecule has 0 aliphatic heterocycles. The standard InChI is InChI=1S/C21H22ClN5O/c1-13(2)27-12-16(19-17(22)10-25-20(23)26-19)15-9-14(24-11-18(15)27)5-8-21(28)6-3-4-7-21/h9-13,28H,3-4,6-7H2,1-2H3,(H2,23,25,26). The van der Waals surface area contributed by atoms with E-state index in [4.69, 9.17) is 17.3 Å². The van der Waals surface area contributed by atoms with Crippen LogP contribution in [0.2, 0.25) is 5.02 Å². The Morgan fingerprint density at radius 2 is 2.00 bits per heavy atom. The number of aliphatic hydroxyl groups is 1. The van der Waals surface area contributed by atoms with Crippen molar-refractivity contribution in [2.75, 3.05) is 5.73 Å². The molecule has 3 N–H and O–H groups in total. The number of fused-ring (bicyclic) bond motifs is 1. The summed E-state index contributed by atoms with van der Waals surface area (Å²) in [6.45, 7) is 4.20. The fourth-order valence-corrected chi connectivity index (χ4v) is 3.86. The molecule has 0 aromatic carbocycles. The van der Waals surface area contributed by atoms with E-state index in [1.807, 2.05) is 12.3 Å². The number of anilines is 1. The maximum Gasteiger partial charge on any atom is 0.220 e. The Hall–Kier alpha value is -2.62. The van der Waals surface area contributed by atoms with Gasteiger partial charge >= 0.3 is 0 Å². The zero-order chi connectivity index (χ0) is 19.9. The third-order valence-electron chi connectivity index (χ3n) is 5.15. The first-order chi connectivity index (χ1) is 13.4. The summed E-state index contributed by atoms with van der Waals surface area (Å²) < 4.78 is 2.12. The average molecular weight is 396 g/mol. The number of nitrogens with two attached hydrogens (primary N) is 1. The lowest BCUT2D eigenvalue weighted by Gasteiger charge is -2.12. The Labute approximate surface area is 168 Å². The van der Waals surface area contributed by atoms with Gasteiger partial charge in [-0.05, 0) is 51.5 Å². The van der Waals surface area contributed by atoms with Crippen LogP contribution in [0.1, 0.15) is 51.3 Å². The number of nitrogen functional groups attached to an aromatic ring is 1. The van der Waals surface area contributed by atoms with Gasteiger partial charge in [0, 0.05) is 23.2 Å². The summed E-state index contributed by atoms with van der Waals surface area (Å²) in [5, 5.41) is 11.9. The predicted molar refractivity (Wildman–Crippen MR) is 111 cm³/mol. The molecule has 3 aromatic heterocycles. The molecular formula is C21H22ClN5O. The summed E-state index contributed by atoms with van der Waals surface area (Å²) in [4.78, 5) is 12.8. The molecule has 0 bridgehead atoms. The first kappa shape index (κ1) is 18.7. The van der Waals surface area contributed by atoms with Gasteiger partial charge in [-0.3, -0.25) is 0 Å². The molecule has 1 aliphatic carbocycles. The first-order valence-corrected chi connectivity index (χ1v) is 9.79. The molecule has 144 valence electrons. The van der Waals surface area contributed by atoms with Crippen molar-refractivity contribution in [2.45, 2.75) is 51.2 Å². The second-order valence-corrected chi connectivity index (χ2v) is 7.95. The van der Waals surface area contributed by atoms with Gasteiger partial charge in [0.15, 0.2) is 0 Å². The quantitative estimate of drug-likeness (QED) is 0.641. The molecule has 1 saturated carbocycles. The van der Waals surface area contributed by atoms with Crippen LogP contribution in [0.25, 0.3) is 22.2 Å². The minimum Gasteiger partial charge on any atom is -0.378 e. The van der Waals surface area contributed by atoms with E-state index in [0.717, 1.165) is 29.3 Å².